The molecule has 3 aromatic rings. The van der Waals surface area contributed by atoms with Gasteiger partial charge in [0.15, 0.2) is 0 Å². The van der Waals surface area contributed by atoms with Gasteiger partial charge in [0.2, 0.25) is 0 Å². The molecular formula is C24H27N3O2. The molecule has 5 nitrogen and oxygen atoms in total. The second-order valence-corrected chi connectivity index (χ2v) is 7.81. The molecule has 3 N–H and O–H groups in total. The summed E-state index contributed by atoms with van der Waals surface area (Å²) in [5.41, 5.74) is 9.41. The summed E-state index contributed by atoms with van der Waals surface area (Å²) in [6, 6.07) is 16.6. The Kier molecular flexibility index (Phi) is 5.51. The van der Waals surface area contributed by atoms with Crippen molar-refractivity contribution in [2.75, 3.05) is 6.61 Å². The van der Waals surface area contributed by atoms with E-state index in [1.165, 1.54) is 0 Å². The first-order valence-corrected chi connectivity index (χ1v) is 10.0. The summed E-state index contributed by atoms with van der Waals surface area (Å²) in [6.45, 7) is 2.99. The molecule has 1 aromatic heterocycles. The van der Waals surface area contributed by atoms with Crippen molar-refractivity contribution < 1.29 is 9.84 Å². The van der Waals surface area contributed by atoms with E-state index in [1.807, 2.05) is 22.9 Å². The largest absolute Gasteiger partial charge is 0.492 e. The minimum atomic E-state index is -0.570. The quantitative estimate of drug-likeness (QED) is 0.606. The molecule has 1 fully saturated rings. The third kappa shape index (κ3) is 4.94. The smallest absolute Gasteiger partial charge is 0.137 e. The minimum Gasteiger partial charge on any atom is -0.492 e. The van der Waals surface area contributed by atoms with E-state index in [1.54, 1.807) is 13.1 Å². The zero-order valence-electron chi connectivity index (χ0n) is 16.7. The average Bonchev–Trinajstić information content (AvgIpc) is 3.28. The molecule has 1 heterocycles. The van der Waals surface area contributed by atoms with Gasteiger partial charge in [0.05, 0.1) is 5.54 Å². The molecule has 2 aromatic carbocycles. The van der Waals surface area contributed by atoms with E-state index < -0.39 is 6.10 Å². The van der Waals surface area contributed by atoms with Crippen molar-refractivity contribution >= 4 is 6.08 Å². The van der Waals surface area contributed by atoms with Crippen LogP contribution in [0.15, 0.2) is 67.0 Å². The summed E-state index contributed by atoms with van der Waals surface area (Å²) in [6.07, 6.45) is 9.26. The Labute approximate surface area is 171 Å². The summed E-state index contributed by atoms with van der Waals surface area (Å²) in [5, 5.41) is 9.71. The van der Waals surface area contributed by atoms with Crippen molar-refractivity contribution in [2.24, 2.45) is 5.73 Å². The summed E-state index contributed by atoms with van der Waals surface area (Å²) < 4.78 is 7.72. The molecule has 0 bridgehead atoms. The van der Waals surface area contributed by atoms with Crippen LogP contribution >= 0.6 is 0 Å². The van der Waals surface area contributed by atoms with Gasteiger partial charge >= 0.3 is 0 Å². The molecule has 0 spiro atoms. The predicted molar refractivity (Wildman–Crippen MR) is 115 cm³/mol. The first-order chi connectivity index (χ1) is 14.0. The number of rotatable bonds is 8. The highest BCUT2D eigenvalue weighted by molar-refractivity contribution is 5.66. The van der Waals surface area contributed by atoms with Crippen LogP contribution in [0.2, 0.25) is 0 Å². The molecule has 0 amide bonds. The van der Waals surface area contributed by atoms with Crippen molar-refractivity contribution in [3.63, 3.8) is 0 Å². The molecule has 1 saturated carbocycles. The Balaban J connectivity index is 1.35. The summed E-state index contributed by atoms with van der Waals surface area (Å²) in [7, 11) is 0. The molecule has 4 rings (SSSR count). The maximum Gasteiger partial charge on any atom is 0.137 e. The monoisotopic (exact) mass is 389 g/mol. The fourth-order valence-electron chi connectivity index (χ4n) is 3.21. The maximum atomic E-state index is 9.71. The van der Waals surface area contributed by atoms with Crippen molar-refractivity contribution in [1.29, 1.82) is 0 Å². The Morgan fingerprint density at radius 3 is 2.41 bits per heavy atom. The van der Waals surface area contributed by atoms with Crippen LogP contribution in [0.1, 0.15) is 37.3 Å². The van der Waals surface area contributed by atoms with E-state index in [2.05, 4.69) is 53.5 Å². The number of aliphatic hydroxyl groups excluding tert-OH is 1. The Bertz CT molecular complexity index is 968. The highest BCUT2D eigenvalue weighted by atomic mass is 16.5. The molecule has 29 heavy (non-hydrogen) atoms. The predicted octanol–water partition coefficient (Wildman–Crippen LogP) is 4.19. The molecule has 1 aliphatic carbocycles. The van der Waals surface area contributed by atoms with E-state index in [9.17, 15) is 5.11 Å². The number of hydrogen-bond donors (Lipinski definition) is 2. The van der Waals surface area contributed by atoms with Gasteiger partial charge in [-0.25, -0.2) is 4.98 Å². The topological polar surface area (TPSA) is 73.3 Å². The lowest BCUT2D eigenvalue weighted by Crippen LogP contribution is -2.29. The number of allylic oxidation sites excluding steroid dienone is 1. The molecule has 1 unspecified atom stereocenters. The SMILES string of the molecule is CC(O)c1nccn1C/C=C/c1ccc(-c2ccc(OCC3(N)CC3)cc2)cc1. The van der Waals surface area contributed by atoms with Crippen LogP contribution < -0.4 is 10.5 Å². The molecule has 0 saturated heterocycles. The van der Waals surface area contributed by atoms with Gasteiger partial charge in [0.1, 0.15) is 24.3 Å². The average molecular weight is 389 g/mol. The first kappa shape index (κ1) is 19.4. The van der Waals surface area contributed by atoms with Crippen molar-refractivity contribution in [3.8, 4) is 16.9 Å². The van der Waals surface area contributed by atoms with Crippen LogP contribution in [0.3, 0.4) is 0 Å². The number of aliphatic hydroxyl groups is 1. The van der Waals surface area contributed by atoms with Crippen LogP contribution in [0.4, 0.5) is 0 Å². The van der Waals surface area contributed by atoms with E-state index in [0.717, 1.165) is 35.3 Å². The first-order valence-electron chi connectivity index (χ1n) is 10.0. The number of ether oxygens (including phenoxy) is 1. The normalized spacial score (nSPS) is 16.1. The number of imidazole rings is 1. The molecular weight excluding hydrogens is 362 g/mol. The summed E-state index contributed by atoms with van der Waals surface area (Å²) >= 11 is 0. The van der Waals surface area contributed by atoms with E-state index in [0.29, 0.717) is 19.0 Å². The summed E-state index contributed by atoms with van der Waals surface area (Å²) in [4.78, 5) is 4.18. The molecule has 1 atom stereocenters. The van der Waals surface area contributed by atoms with Crippen LogP contribution in [-0.2, 0) is 6.54 Å². The van der Waals surface area contributed by atoms with Crippen molar-refractivity contribution in [2.45, 2.75) is 38.0 Å². The fourth-order valence-corrected chi connectivity index (χ4v) is 3.21. The van der Waals surface area contributed by atoms with Crippen LogP contribution in [0.25, 0.3) is 17.2 Å². The second-order valence-electron chi connectivity index (χ2n) is 7.81. The number of aromatic nitrogens is 2. The van der Waals surface area contributed by atoms with Crippen LogP contribution in [0, 0.1) is 0 Å². The van der Waals surface area contributed by atoms with Gasteiger partial charge in [-0.05, 0) is 48.6 Å². The van der Waals surface area contributed by atoms with E-state index in [4.69, 9.17) is 10.5 Å². The molecule has 5 heteroatoms. The van der Waals surface area contributed by atoms with Gasteiger partial charge in [-0.15, -0.1) is 0 Å². The van der Waals surface area contributed by atoms with Gasteiger partial charge in [0.25, 0.3) is 0 Å². The lowest BCUT2D eigenvalue weighted by molar-refractivity contribution is 0.184. The molecule has 150 valence electrons. The Hall–Kier alpha value is -2.89. The Morgan fingerprint density at radius 2 is 1.79 bits per heavy atom. The van der Waals surface area contributed by atoms with Gasteiger partial charge < -0.3 is 20.1 Å². The van der Waals surface area contributed by atoms with Gasteiger partial charge in [-0.2, -0.15) is 0 Å². The zero-order valence-corrected chi connectivity index (χ0v) is 16.7. The lowest BCUT2D eigenvalue weighted by Gasteiger charge is -2.11. The molecule has 1 aliphatic rings. The van der Waals surface area contributed by atoms with Gasteiger partial charge in [-0.1, -0.05) is 48.6 Å². The highest BCUT2D eigenvalue weighted by Crippen LogP contribution is 2.33. The number of nitrogens with two attached hydrogens (primary N) is 1. The maximum absolute atomic E-state index is 9.71. The van der Waals surface area contributed by atoms with Crippen molar-refractivity contribution in [3.05, 3.63) is 78.4 Å². The Morgan fingerprint density at radius 1 is 1.14 bits per heavy atom. The second kappa shape index (κ2) is 8.23. The van der Waals surface area contributed by atoms with Crippen molar-refractivity contribution in [1.82, 2.24) is 9.55 Å². The standard InChI is InChI=1S/C24H27N3O2/c1-18(28)23-26-14-16-27(23)15-2-3-19-4-6-20(7-5-19)21-8-10-22(11-9-21)29-17-24(25)12-13-24/h2-11,14,16,18,28H,12-13,15,17,25H2,1H3/b3-2+. The van der Waals surface area contributed by atoms with Crippen LogP contribution in [0.5, 0.6) is 5.75 Å². The zero-order chi connectivity index (χ0) is 20.3. The minimum absolute atomic E-state index is 0.0994. The van der Waals surface area contributed by atoms with Gasteiger partial charge in [0, 0.05) is 18.9 Å². The lowest BCUT2D eigenvalue weighted by atomic mass is 10.0. The van der Waals surface area contributed by atoms with E-state index >= 15 is 0 Å². The third-order valence-electron chi connectivity index (χ3n) is 5.25. The summed E-state index contributed by atoms with van der Waals surface area (Å²) in [5.74, 6) is 1.54. The number of benzene rings is 2. The molecule has 0 aliphatic heterocycles. The van der Waals surface area contributed by atoms with Gasteiger partial charge in [-0.3, -0.25) is 0 Å². The van der Waals surface area contributed by atoms with Crippen LogP contribution in [-0.4, -0.2) is 26.8 Å². The van der Waals surface area contributed by atoms with E-state index in [-0.39, 0.29) is 5.54 Å². The third-order valence-corrected chi connectivity index (χ3v) is 5.25. The number of nitrogens with zero attached hydrogens (tertiary/aromatic N) is 2. The number of hydrogen-bond acceptors (Lipinski definition) is 4. The molecule has 0 radical (unpaired) electrons. The highest BCUT2D eigenvalue weighted by Gasteiger charge is 2.39. The fraction of sp³-hybridized carbons (Fsp3) is 0.292.